The quantitative estimate of drug-likeness (QED) is 0.299. The molecule has 0 aliphatic carbocycles. The van der Waals surface area contributed by atoms with Crippen LogP contribution in [-0.2, 0) is 0 Å². The van der Waals surface area contributed by atoms with E-state index in [0.717, 1.165) is 15.9 Å². The summed E-state index contributed by atoms with van der Waals surface area (Å²) in [6.45, 7) is -0.00456. The molecule has 0 fully saturated rings. The van der Waals surface area contributed by atoms with Crippen molar-refractivity contribution < 1.29 is 9.95 Å². The van der Waals surface area contributed by atoms with Crippen molar-refractivity contribution in [3.8, 4) is 0 Å². The van der Waals surface area contributed by atoms with Crippen molar-refractivity contribution in [2.45, 2.75) is 0 Å². The highest BCUT2D eigenvalue weighted by Gasteiger charge is 2.08. The lowest BCUT2D eigenvalue weighted by atomic mass is 10.1. The van der Waals surface area contributed by atoms with Gasteiger partial charge in [-0.1, -0.05) is 53.7 Å². The van der Waals surface area contributed by atoms with Gasteiger partial charge in [0.1, 0.15) is 0 Å². The van der Waals surface area contributed by atoms with Crippen molar-refractivity contribution in [1.82, 2.24) is 0 Å². The van der Waals surface area contributed by atoms with E-state index in [1.807, 2.05) is 48.5 Å². The van der Waals surface area contributed by atoms with Gasteiger partial charge in [-0.15, -0.1) is 0 Å². The molecule has 2 aromatic rings. The van der Waals surface area contributed by atoms with E-state index >= 15 is 0 Å². The van der Waals surface area contributed by atoms with E-state index in [-0.39, 0.29) is 6.54 Å². The van der Waals surface area contributed by atoms with Crippen LogP contribution in [-0.4, -0.2) is 28.4 Å². The molecule has 0 aliphatic rings. The monoisotopic (exact) mass is 254 g/mol. The van der Waals surface area contributed by atoms with Gasteiger partial charge in [-0.2, -0.15) is 0 Å². The Morgan fingerprint density at radius 3 is 2.21 bits per heavy atom. The Morgan fingerprint density at radius 1 is 1.05 bits per heavy atom. The predicted molar refractivity (Wildman–Crippen MR) is 74.9 cm³/mol. The first-order valence-corrected chi connectivity index (χ1v) is 5.89. The lowest BCUT2D eigenvalue weighted by molar-refractivity contribution is -0.434. The molecule has 4 heteroatoms. The fraction of sp³-hybridized carbons (Fsp3) is 0.0667. The van der Waals surface area contributed by atoms with Gasteiger partial charge in [0, 0.05) is 11.1 Å². The summed E-state index contributed by atoms with van der Waals surface area (Å²) in [5.74, 6) is 0. The summed E-state index contributed by atoms with van der Waals surface area (Å²) in [6, 6.07) is 18.4. The molecule has 0 heterocycles. The van der Waals surface area contributed by atoms with Crippen molar-refractivity contribution in [2.24, 2.45) is 5.16 Å². The molecular formula is C15H14N2O2. The Labute approximate surface area is 111 Å². The van der Waals surface area contributed by atoms with Gasteiger partial charge in [-0.05, 0) is 12.1 Å². The number of nitrogens with zero attached hydrogens (tertiary/aromatic N) is 2. The number of hydrogen-bond donors (Lipinski definition) is 1. The maximum atomic E-state index is 11.8. The summed E-state index contributed by atoms with van der Waals surface area (Å²) in [4.78, 5) is 0. The normalized spacial score (nSPS) is 12.4. The molecule has 0 saturated carbocycles. The molecule has 4 nitrogen and oxygen atoms in total. The highest BCUT2D eigenvalue weighted by Crippen LogP contribution is 2.02. The molecule has 0 radical (unpaired) electrons. The summed E-state index contributed by atoms with van der Waals surface area (Å²) in [7, 11) is 0. The van der Waals surface area contributed by atoms with E-state index in [1.165, 1.54) is 6.21 Å². The van der Waals surface area contributed by atoms with Crippen molar-refractivity contribution in [2.75, 3.05) is 6.54 Å². The Morgan fingerprint density at radius 2 is 1.63 bits per heavy atom. The zero-order chi connectivity index (χ0) is 13.5. The minimum Gasteiger partial charge on any atom is -0.623 e. The van der Waals surface area contributed by atoms with Gasteiger partial charge in [0.15, 0.2) is 18.5 Å². The molecule has 96 valence electrons. The van der Waals surface area contributed by atoms with Crippen LogP contribution in [0.2, 0.25) is 0 Å². The molecule has 2 rings (SSSR count). The summed E-state index contributed by atoms with van der Waals surface area (Å²) in [6.07, 6.45) is 1.47. The topological polar surface area (TPSA) is 58.7 Å². The van der Waals surface area contributed by atoms with Gasteiger partial charge in [0.25, 0.3) is 0 Å². The first kappa shape index (κ1) is 12.8. The summed E-state index contributed by atoms with van der Waals surface area (Å²) in [5.41, 5.74) is 1.87. The average molecular weight is 254 g/mol. The number of rotatable bonds is 4. The average Bonchev–Trinajstić information content (AvgIpc) is 2.47. The molecule has 0 bridgehead atoms. The van der Waals surface area contributed by atoms with Gasteiger partial charge in [-0.25, -0.2) is 4.74 Å². The molecule has 0 saturated heterocycles. The Balaban J connectivity index is 2.14. The Bertz CT molecular complexity index is 578. The van der Waals surface area contributed by atoms with Crippen LogP contribution in [0.3, 0.4) is 0 Å². The summed E-state index contributed by atoms with van der Waals surface area (Å²) in [5, 5.41) is 24.0. The van der Waals surface area contributed by atoms with Gasteiger partial charge in [-0.3, -0.25) is 0 Å². The zero-order valence-electron chi connectivity index (χ0n) is 10.3. The molecule has 0 aromatic heterocycles. The van der Waals surface area contributed by atoms with Crippen LogP contribution in [0.15, 0.2) is 65.8 Å². The maximum absolute atomic E-state index is 11.8. The second-order valence-corrected chi connectivity index (χ2v) is 4.03. The third-order valence-electron chi connectivity index (χ3n) is 2.63. The SMILES string of the molecule is [O-]/[N+](=C/c1ccccc1)C/C(=N\O)c1ccccc1. The molecule has 0 unspecified atom stereocenters. The van der Waals surface area contributed by atoms with Crippen LogP contribution in [0.4, 0.5) is 0 Å². The fourth-order valence-corrected chi connectivity index (χ4v) is 1.71. The highest BCUT2D eigenvalue weighted by atomic mass is 16.5. The van der Waals surface area contributed by atoms with Crippen LogP contribution >= 0.6 is 0 Å². The number of hydrogen-bond acceptors (Lipinski definition) is 3. The van der Waals surface area contributed by atoms with Gasteiger partial charge in [0.2, 0.25) is 0 Å². The van der Waals surface area contributed by atoms with E-state index in [1.54, 1.807) is 12.1 Å². The van der Waals surface area contributed by atoms with Crippen molar-refractivity contribution in [3.63, 3.8) is 0 Å². The van der Waals surface area contributed by atoms with E-state index < -0.39 is 0 Å². The Kier molecular flexibility index (Phi) is 4.29. The molecule has 1 N–H and O–H groups in total. The minimum atomic E-state index is -0.00456. The van der Waals surface area contributed by atoms with Gasteiger partial charge >= 0.3 is 0 Å². The second-order valence-electron chi connectivity index (χ2n) is 4.03. The second kappa shape index (κ2) is 6.35. The number of benzene rings is 2. The van der Waals surface area contributed by atoms with E-state index in [2.05, 4.69) is 5.16 Å². The highest BCUT2D eigenvalue weighted by molar-refractivity contribution is 6.01. The minimum absolute atomic E-state index is 0.00456. The fourth-order valence-electron chi connectivity index (χ4n) is 1.71. The lowest BCUT2D eigenvalue weighted by Crippen LogP contribution is -2.18. The predicted octanol–water partition coefficient (Wildman–Crippen LogP) is 2.49. The molecule has 0 spiro atoms. The lowest BCUT2D eigenvalue weighted by Gasteiger charge is -2.06. The van der Waals surface area contributed by atoms with Gasteiger partial charge < -0.3 is 10.4 Å². The van der Waals surface area contributed by atoms with Crippen molar-refractivity contribution >= 4 is 11.9 Å². The number of oxime groups is 1. The van der Waals surface area contributed by atoms with Crippen molar-refractivity contribution in [3.05, 3.63) is 77.0 Å². The maximum Gasteiger partial charge on any atom is 0.199 e. The largest absolute Gasteiger partial charge is 0.623 e. The number of hydroxylamine groups is 1. The first-order valence-electron chi connectivity index (χ1n) is 5.89. The third-order valence-corrected chi connectivity index (χ3v) is 2.63. The van der Waals surface area contributed by atoms with Crippen LogP contribution in [0, 0.1) is 5.21 Å². The van der Waals surface area contributed by atoms with Crippen LogP contribution in [0.5, 0.6) is 0 Å². The molecular weight excluding hydrogens is 240 g/mol. The molecule has 19 heavy (non-hydrogen) atoms. The smallest absolute Gasteiger partial charge is 0.199 e. The summed E-state index contributed by atoms with van der Waals surface area (Å²) >= 11 is 0. The van der Waals surface area contributed by atoms with Gasteiger partial charge in [0.05, 0.1) is 0 Å². The van der Waals surface area contributed by atoms with E-state index in [4.69, 9.17) is 5.21 Å². The van der Waals surface area contributed by atoms with Crippen LogP contribution in [0.25, 0.3) is 0 Å². The molecule has 2 aromatic carbocycles. The standard InChI is InChI=1S/C15H14N2O2/c18-16-15(14-9-5-2-6-10-14)12-17(19)11-13-7-3-1-4-8-13/h1-11,18H,12H2/b16-15+,17-11+. The van der Waals surface area contributed by atoms with Crippen LogP contribution < -0.4 is 0 Å². The molecule has 0 atom stereocenters. The van der Waals surface area contributed by atoms with Crippen molar-refractivity contribution in [1.29, 1.82) is 0 Å². The zero-order valence-corrected chi connectivity index (χ0v) is 10.3. The molecule has 0 aliphatic heterocycles. The third kappa shape index (κ3) is 3.67. The van der Waals surface area contributed by atoms with E-state index in [9.17, 15) is 5.21 Å². The molecule has 0 amide bonds. The Hall–Kier alpha value is -2.62. The van der Waals surface area contributed by atoms with Crippen LogP contribution in [0.1, 0.15) is 11.1 Å². The van der Waals surface area contributed by atoms with E-state index in [0.29, 0.717) is 5.71 Å². The first-order chi connectivity index (χ1) is 9.29. The summed E-state index contributed by atoms with van der Waals surface area (Å²) < 4.78 is 0.747.